The normalized spacial score (nSPS) is 18.1. The molecule has 0 saturated carbocycles. The molecule has 0 heterocycles. The van der Waals surface area contributed by atoms with Gasteiger partial charge in [-0.25, -0.2) is 0 Å². The van der Waals surface area contributed by atoms with Crippen molar-refractivity contribution in [1.29, 1.82) is 0 Å². The Hall–Kier alpha value is -1.60. The van der Waals surface area contributed by atoms with Crippen LogP contribution >= 0.6 is 0 Å². The molecule has 1 atom stereocenters. The predicted molar refractivity (Wildman–Crippen MR) is 83.0 cm³/mol. The number of hydrogen-bond acceptors (Lipinski definition) is 1. The molecule has 0 amide bonds. The van der Waals surface area contributed by atoms with Crippen LogP contribution in [0, 0.1) is 0 Å². The highest BCUT2D eigenvalue weighted by atomic mass is 16.5. The van der Waals surface area contributed by atoms with Crippen molar-refractivity contribution in [2.75, 3.05) is 0 Å². The number of hydrogen-bond donors (Lipinski definition) is 0. The molecule has 1 nitrogen and oxygen atoms in total. The second-order valence-corrected chi connectivity index (χ2v) is 5.85. The van der Waals surface area contributed by atoms with Gasteiger partial charge in [0.1, 0.15) is 0 Å². The van der Waals surface area contributed by atoms with Gasteiger partial charge in [-0.05, 0) is 48.9 Å². The van der Waals surface area contributed by atoms with Crippen LogP contribution in [0.5, 0.6) is 0 Å². The molecule has 0 radical (unpaired) electrons. The summed E-state index contributed by atoms with van der Waals surface area (Å²) in [5.41, 5.74) is 5.72. The maximum absolute atomic E-state index is 6.21. The fraction of sp³-hybridized carbons (Fsp3) is 0.368. The number of rotatable bonds is 2. The van der Waals surface area contributed by atoms with E-state index < -0.39 is 0 Å². The van der Waals surface area contributed by atoms with Crippen molar-refractivity contribution in [3.8, 4) is 0 Å². The molecule has 20 heavy (non-hydrogen) atoms. The average Bonchev–Trinajstić information content (AvgIpc) is 2.43. The van der Waals surface area contributed by atoms with E-state index in [9.17, 15) is 0 Å². The van der Waals surface area contributed by atoms with Gasteiger partial charge >= 0.3 is 0 Å². The summed E-state index contributed by atoms with van der Waals surface area (Å²) in [5, 5.41) is 0. The second kappa shape index (κ2) is 5.80. The lowest BCUT2D eigenvalue weighted by Gasteiger charge is -2.26. The summed E-state index contributed by atoms with van der Waals surface area (Å²) in [4.78, 5) is 0. The Morgan fingerprint density at radius 1 is 0.850 bits per heavy atom. The van der Waals surface area contributed by atoms with Crippen LogP contribution in [-0.4, -0.2) is 6.10 Å². The van der Waals surface area contributed by atoms with Crippen molar-refractivity contribution >= 4 is 0 Å². The van der Waals surface area contributed by atoms with E-state index in [0.29, 0.717) is 0 Å². The fourth-order valence-corrected chi connectivity index (χ4v) is 3.11. The molecule has 104 valence electrons. The van der Waals surface area contributed by atoms with E-state index in [-0.39, 0.29) is 12.2 Å². The molecule has 2 aromatic carbocycles. The summed E-state index contributed by atoms with van der Waals surface area (Å²) in [6, 6.07) is 17.5. The molecule has 0 spiro atoms. The van der Waals surface area contributed by atoms with Crippen molar-refractivity contribution in [3.05, 3.63) is 70.8 Å². The summed E-state index contributed by atoms with van der Waals surface area (Å²) in [6.07, 6.45) is 3.63. The number of ether oxygens (including phenoxy) is 1. The van der Waals surface area contributed by atoms with Gasteiger partial charge < -0.3 is 4.74 Å². The van der Waals surface area contributed by atoms with E-state index in [1.807, 2.05) is 0 Å². The van der Waals surface area contributed by atoms with Crippen LogP contribution in [0.3, 0.4) is 0 Å². The Balaban J connectivity index is 2.01. The summed E-state index contributed by atoms with van der Waals surface area (Å²) in [7, 11) is 0. The Kier molecular flexibility index (Phi) is 3.88. The Morgan fingerprint density at radius 2 is 1.45 bits per heavy atom. The van der Waals surface area contributed by atoms with E-state index in [1.54, 1.807) is 0 Å². The molecule has 0 N–H and O–H groups in total. The smallest absolute Gasteiger partial charge is 0.0871 e. The summed E-state index contributed by atoms with van der Waals surface area (Å²) in [6.45, 7) is 4.24. The van der Waals surface area contributed by atoms with Crippen molar-refractivity contribution in [1.82, 2.24) is 0 Å². The highest BCUT2D eigenvalue weighted by Gasteiger charge is 2.21. The van der Waals surface area contributed by atoms with Gasteiger partial charge in [-0.3, -0.25) is 0 Å². The Labute approximate surface area is 121 Å². The largest absolute Gasteiger partial charge is 0.371 e. The lowest BCUT2D eigenvalue weighted by Crippen LogP contribution is -2.18. The molecule has 1 heteroatoms. The van der Waals surface area contributed by atoms with Crippen molar-refractivity contribution in [2.45, 2.75) is 45.3 Å². The fourth-order valence-electron chi connectivity index (χ4n) is 3.11. The first-order chi connectivity index (χ1) is 9.74. The molecule has 1 aliphatic rings. The lowest BCUT2D eigenvalue weighted by atomic mass is 9.87. The Morgan fingerprint density at radius 3 is 2.20 bits per heavy atom. The molecule has 0 fully saturated rings. The van der Waals surface area contributed by atoms with Crippen LogP contribution in [0.1, 0.15) is 42.2 Å². The third-order valence-electron chi connectivity index (χ3n) is 4.03. The Bertz CT molecular complexity index is 586. The van der Waals surface area contributed by atoms with Gasteiger partial charge in [-0.1, -0.05) is 48.5 Å². The monoisotopic (exact) mass is 266 g/mol. The minimum atomic E-state index is 0.174. The van der Waals surface area contributed by atoms with Gasteiger partial charge in [0.15, 0.2) is 0 Å². The van der Waals surface area contributed by atoms with E-state index in [4.69, 9.17) is 4.74 Å². The molecular formula is C19H22O. The second-order valence-electron chi connectivity index (χ2n) is 5.85. The van der Waals surface area contributed by atoms with Gasteiger partial charge in [-0.2, -0.15) is 0 Å². The van der Waals surface area contributed by atoms with Gasteiger partial charge in [0.2, 0.25) is 0 Å². The zero-order valence-corrected chi connectivity index (χ0v) is 12.3. The van der Waals surface area contributed by atoms with Crippen LogP contribution < -0.4 is 0 Å². The first-order valence-electron chi connectivity index (χ1n) is 7.54. The number of aryl methyl sites for hydroxylation is 2. The van der Waals surface area contributed by atoms with Gasteiger partial charge in [0.05, 0.1) is 12.2 Å². The molecule has 2 aromatic rings. The zero-order chi connectivity index (χ0) is 13.9. The molecule has 1 aliphatic carbocycles. The van der Waals surface area contributed by atoms with Crippen molar-refractivity contribution < 1.29 is 4.74 Å². The van der Waals surface area contributed by atoms with E-state index >= 15 is 0 Å². The van der Waals surface area contributed by atoms with Crippen LogP contribution in [0.4, 0.5) is 0 Å². The molecule has 1 unspecified atom stereocenters. The highest BCUT2D eigenvalue weighted by molar-refractivity contribution is 5.37. The molecule has 0 bridgehead atoms. The summed E-state index contributed by atoms with van der Waals surface area (Å²) < 4.78 is 6.21. The third kappa shape index (κ3) is 2.78. The molecule has 0 saturated heterocycles. The molecule has 0 aromatic heterocycles. The molecule has 3 rings (SSSR count). The zero-order valence-electron chi connectivity index (χ0n) is 12.3. The van der Waals surface area contributed by atoms with Crippen LogP contribution in [0.15, 0.2) is 48.5 Å². The summed E-state index contributed by atoms with van der Waals surface area (Å²) in [5.74, 6) is 0. The first-order valence-corrected chi connectivity index (χ1v) is 7.54. The van der Waals surface area contributed by atoms with Gasteiger partial charge in [0, 0.05) is 6.42 Å². The van der Waals surface area contributed by atoms with Gasteiger partial charge in [-0.15, -0.1) is 0 Å². The average molecular weight is 266 g/mol. The SMILES string of the molecule is CC(C)OC1Cc2ccccc2CCc2ccccc21. The standard InChI is InChI=1S/C19H22O/c1-14(2)20-19-13-17-9-4-3-7-15(17)11-12-16-8-5-6-10-18(16)19/h3-10,14,19H,11-13H2,1-2H3. The maximum atomic E-state index is 6.21. The van der Waals surface area contributed by atoms with E-state index in [2.05, 4.69) is 62.4 Å². The highest BCUT2D eigenvalue weighted by Crippen LogP contribution is 2.31. The van der Waals surface area contributed by atoms with Crippen LogP contribution in [-0.2, 0) is 24.0 Å². The quantitative estimate of drug-likeness (QED) is 0.778. The van der Waals surface area contributed by atoms with Crippen LogP contribution in [0.2, 0.25) is 0 Å². The summed E-state index contributed by atoms with van der Waals surface area (Å²) >= 11 is 0. The van der Waals surface area contributed by atoms with E-state index in [0.717, 1.165) is 19.3 Å². The number of fused-ring (bicyclic) bond motifs is 2. The molecule has 0 aliphatic heterocycles. The van der Waals surface area contributed by atoms with Crippen molar-refractivity contribution in [2.24, 2.45) is 0 Å². The van der Waals surface area contributed by atoms with Crippen LogP contribution in [0.25, 0.3) is 0 Å². The molecular weight excluding hydrogens is 244 g/mol. The lowest BCUT2D eigenvalue weighted by molar-refractivity contribution is 0.00599. The minimum Gasteiger partial charge on any atom is -0.371 e. The first kappa shape index (κ1) is 13.4. The maximum Gasteiger partial charge on any atom is 0.0871 e. The number of benzene rings is 2. The minimum absolute atomic E-state index is 0.174. The van der Waals surface area contributed by atoms with Gasteiger partial charge in [0.25, 0.3) is 0 Å². The topological polar surface area (TPSA) is 9.23 Å². The van der Waals surface area contributed by atoms with E-state index in [1.165, 1.54) is 22.3 Å². The predicted octanol–water partition coefficient (Wildman–Crippen LogP) is 4.49. The van der Waals surface area contributed by atoms with Crippen molar-refractivity contribution in [3.63, 3.8) is 0 Å². The third-order valence-corrected chi connectivity index (χ3v) is 4.03.